The first-order chi connectivity index (χ1) is 6.38. The summed E-state index contributed by atoms with van der Waals surface area (Å²) in [6.45, 7) is 15.4. The largest absolute Gasteiger partial charge is 0.126 e. The molecular weight excluding hydrogens is 176 g/mol. The molecule has 1 heterocycles. The molecule has 76 valence electrons. The lowest BCUT2D eigenvalue weighted by atomic mass is 10.2. The van der Waals surface area contributed by atoms with E-state index in [1.54, 1.807) is 0 Å². The van der Waals surface area contributed by atoms with Gasteiger partial charge in [-0.1, -0.05) is 53.0 Å². The molecule has 0 saturated carbocycles. The zero-order valence-electron chi connectivity index (χ0n) is 9.39. The van der Waals surface area contributed by atoms with E-state index in [1.165, 1.54) is 16.2 Å². The Morgan fingerprint density at radius 2 is 1.62 bits per heavy atom. The molecule has 0 aromatic heterocycles. The van der Waals surface area contributed by atoms with E-state index in [9.17, 15) is 0 Å². The van der Waals surface area contributed by atoms with E-state index in [1.807, 2.05) is 51.6 Å². The van der Waals surface area contributed by atoms with Crippen molar-refractivity contribution in [2.45, 2.75) is 34.1 Å². The number of allylic oxidation sites excluding steroid dienone is 3. The maximum atomic E-state index is 3.72. The Kier molecular flexibility index (Phi) is 13.4. The van der Waals surface area contributed by atoms with Gasteiger partial charge >= 0.3 is 0 Å². The van der Waals surface area contributed by atoms with Crippen LogP contribution < -0.4 is 0 Å². The smallest absolute Gasteiger partial charge is 0.00983 e. The van der Waals surface area contributed by atoms with Crippen molar-refractivity contribution in [2.75, 3.05) is 5.75 Å². The summed E-state index contributed by atoms with van der Waals surface area (Å²) in [7, 11) is 0. The first-order valence-corrected chi connectivity index (χ1v) is 5.98. The van der Waals surface area contributed by atoms with Gasteiger partial charge in [-0.25, -0.2) is 0 Å². The van der Waals surface area contributed by atoms with E-state index in [0.717, 1.165) is 6.42 Å². The van der Waals surface area contributed by atoms with E-state index in [0.29, 0.717) is 0 Å². The van der Waals surface area contributed by atoms with E-state index in [4.69, 9.17) is 0 Å². The van der Waals surface area contributed by atoms with Crippen molar-refractivity contribution in [2.24, 2.45) is 0 Å². The van der Waals surface area contributed by atoms with Crippen LogP contribution in [0.1, 0.15) is 34.1 Å². The van der Waals surface area contributed by atoms with Crippen molar-refractivity contribution in [1.82, 2.24) is 0 Å². The first-order valence-electron chi connectivity index (χ1n) is 4.99. The van der Waals surface area contributed by atoms with Crippen LogP contribution in [-0.4, -0.2) is 5.75 Å². The molecule has 0 aliphatic carbocycles. The van der Waals surface area contributed by atoms with Gasteiger partial charge < -0.3 is 0 Å². The summed E-state index contributed by atoms with van der Waals surface area (Å²) in [6.07, 6.45) is 5.00. The Morgan fingerprint density at radius 3 is 1.92 bits per heavy atom. The van der Waals surface area contributed by atoms with Gasteiger partial charge in [0.25, 0.3) is 0 Å². The fourth-order valence-electron chi connectivity index (χ4n) is 0.880. The molecule has 1 aliphatic rings. The van der Waals surface area contributed by atoms with Crippen molar-refractivity contribution in [1.29, 1.82) is 0 Å². The van der Waals surface area contributed by atoms with Crippen LogP contribution in [0.5, 0.6) is 0 Å². The van der Waals surface area contributed by atoms with Crippen LogP contribution in [0.15, 0.2) is 35.8 Å². The van der Waals surface area contributed by atoms with E-state index in [-0.39, 0.29) is 0 Å². The first kappa shape index (κ1) is 15.1. The van der Waals surface area contributed by atoms with Gasteiger partial charge in [-0.2, -0.15) is 0 Å². The molecule has 0 aromatic rings. The summed E-state index contributed by atoms with van der Waals surface area (Å²) in [5.41, 5.74) is 1.36. The molecule has 0 aromatic carbocycles. The Bertz CT molecular complexity index is 148. The van der Waals surface area contributed by atoms with Gasteiger partial charge in [0, 0.05) is 10.7 Å². The Labute approximate surface area is 87.8 Å². The SMILES string of the molecule is C=CC1=C(C=C)SCC1.CC.CC. The molecule has 1 aliphatic heterocycles. The molecule has 0 atom stereocenters. The topological polar surface area (TPSA) is 0 Å². The molecule has 0 spiro atoms. The molecule has 0 N–H and O–H groups in total. The minimum atomic E-state index is 1.16. The van der Waals surface area contributed by atoms with Gasteiger partial charge in [-0.15, -0.1) is 11.8 Å². The highest BCUT2D eigenvalue weighted by Crippen LogP contribution is 2.31. The Morgan fingerprint density at radius 1 is 1.08 bits per heavy atom. The van der Waals surface area contributed by atoms with Crippen LogP contribution in [-0.2, 0) is 0 Å². The predicted octanol–water partition coefficient (Wildman–Crippen LogP) is 4.80. The van der Waals surface area contributed by atoms with Gasteiger partial charge in [-0.3, -0.25) is 0 Å². The molecule has 0 nitrogen and oxygen atoms in total. The summed E-state index contributed by atoms with van der Waals surface area (Å²) >= 11 is 1.87. The zero-order chi connectivity index (χ0) is 10.7. The summed E-state index contributed by atoms with van der Waals surface area (Å²) in [4.78, 5) is 1.31. The minimum Gasteiger partial charge on any atom is -0.126 e. The molecule has 0 saturated heterocycles. The van der Waals surface area contributed by atoms with Gasteiger partial charge in [-0.05, 0) is 12.0 Å². The normalized spacial score (nSPS) is 13.5. The predicted molar refractivity (Wildman–Crippen MR) is 67.2 cm³/mol. The Hall–Kier alpha value is -0.430. The van der Waals surface area contributed by atoms with Crippen LogP contribution in [0.25, 0.3) is 0 Å². The third-order valence-corrected chi connectivity index (χ3v) is 2.53. The lowest BCUT2D eigenvalue weighted by Gasteiger charge is -1.90. The van der Waals surface area contributed by atoms with Crippen molar-refractivity contribution < 1.29 is 0 Å². The van der Waals surface area contributed by atoms with Crippen LogP contribution >= 0.6 is 11.8 Å². The van der Waals surface area contributed by atoms with Gasteiger partial charge in [0.2, 0.25) is 0 Å². The summed E-state index contributed by atoms with van der Waals surface area (Å²) < 4.78 is 0. The van der Waals surface area contributed by atoms with Crippen molar-refractivity contribution in [3.8, 4) is 0 Å². The zero-order valence-corrected chi connectivity index (χ0v) is 10.2. The maximum absolute atomic E-state index is 3.72. The lowest BCUT2D eigenvalue weighted by Crippen LogP contribution is -1.71. The van der Waals surface area contributed by atoms with Gasteiger partial charge in [0.05, 0.1) is 0 Å². The second kappa shape index (κ2) is 11.6. The highest BCUT2D eigenvalue weighted by Gasteiger charge is 2.08. The monoisotopic (exact) mass is 198 g/mol. The number of hydrogen-bond acceptors (Lipinski definition) is 1. The highest BCUT2D eigenvalue weighted by molar-refractivity contribution is 8.03. The van der Waals surface area contributed by atoms with Gasteiger partial charge in [0.1, 0.15) is 0 Å². The molecule has 0 radical (unpaired) electrons. The molecular formula is C12H22S. The summed E-state index contributed by atoms with van der Waals surface area (Å²) in [5.74, 6) is 1.20. The van der Waals surface area contributed by atoms with Crippen LogP contribution in [0.4, 0.5) is 0 Å². The molecule has 0 unspecified atom stereocenters. The van der Waals surface area contributed by atoms with E-state index < -0.39 is 0 Å². The second-order valence-electron chi connectivity index (χ2n) is 1.90. The Balaban J connectivity index is 0. The van der Waals surface area contributed by atoms with E-state index >= 15 is 0 Å². The third kappa shape index (κ3) is 5.75. The van der Waals surface area contributed by atoms with Crippen molar-refractivity contribution >= 4 is 11.8 Å². The molecule has 13 heavy (non-hydrogen) atoms. The fourth-order valence-corrected chi connectivity index (χ4v) is 1.91. The third-order valence-electron chi connectivity index (χ3n) is 1.38. The van der Waals surface area contributed by atoms with Crippen LogP contribution in [0, 0.1) is 0 Å². The molecule has 0 amide bonds. The summed E-state index contributed by atoms with van der Waals surface area (Å²) in [5, 5.41) is 0. The maximum Gasteiger partial charge on any atom is 0.00983 e. The quantitative estimate of drug-likeness (QED) is 0.614. The highest BCUT2D eigenvalue weighted by atomic mass is 32.2. The van der Waals surface area contributed by atoms with Crippen molar-refractivity contribution in [3.05, 3.63) is 35.8 Å². The average molecular weight is 198 g/mol. The van der Waals surface area contributed by atoms with Crippen LogP contribution in [0.2, 0.25) is 0 Å². The van der Waals surface area contributed by atoms with Crippen molar-refractivity contribution in [3.63, 3.8) is 0 Å². The number of rotatable bonds is 2. The second-order valence-corrected chi connectivity index (χ2v) is 3.03. The average Bonchev–Trinajstić information content (AvgIpc) is 2.70. The minimum absolute atomic E-state index is 1.16. The van der Waals surface area contributed by atoms with Gasteiger partial charge in [0.15, 0.2) is 0 Å². The molecule has 1 heteroatoms. The standard InChI is InChI=1S/C8H10S.2C2H6/c1-3-7-5-6-9-8(7)4-2;2*1-2/h3-4H,1-2,5-6H2;2*1-2H3. The number of hydrogen-bond donors (Lipinski definition) is 0. The fraction of sp³-hybridized carbons (Fsp3) is 0.500. The summed E-state index contributed by atoms with van der Waals surface area (Å²) in [6, 6.07) is 0. The van der Waals surface area contributed by atoms with Crippen LogP contribution in [0.3, 0.4) is 0 Å². The molecule has 0 fully saturated rings. The lowest BCUT2D eigenvalue weighted by molar-refractivity contribution is 1.20. The van der Waals surface area contributed by atoms with E-state index in [2.05, 4.69) is 13.2 Å². The molecule has 1 rings (SSSR count). The number of thioether (sulfide) groups is 1. The molecule has 0 bridgehead atoms.